The molecule has 3 nitrogen and oxygen atoms in total. The zero-order chi connectivity index (χ0) is 11.9. The molecule has 0 radical (unpaired) electrons. The molecule has 1 heterocycles. The molecule has 16 heavy (non-hydrogen) atoms. The van der Waals surface area contributed by atoms with E-state index in [1.807, 2.05) is 0 Å². The van der Waals surface area contributed by atoms with Gasteiger partial charge in [-0.15, -0.1) is 0 Å². The third-order valence-corrected chi connectivity index (χ3v) is 2.39. The van der Waals surface area contributed by atoms with Crippen molar-refractivity contribution in [1.82, 2.24) is 9.97 Å². The molecule has 0 aliphatic heterocycles. The molecule has 0 saturated heterocycles. The van der Waals surface area contributed by atoms with Crippen LogP contribution in [0.1, 0.15) is 5.56 Å². The van der Waals surface area contributed by atoms with Gasteiger partial charge in [0.25, 0.3) is 0 Å². The van der Waals surface area contributed by atoms with Crippen LogP contribution < -0.4 is 5.69 Å². The smallest absolute Gasteiger partial charge is 0.307 e. The van der Waals surface area contributed by atoms with Crippen molar-refractivity contribution in [2.24, 2.45) is 0 Å². The molecular weight excluding hydrogens is 241 g/mol. The highest BCUT2D eigenvalue weighted by atomic mass is 32.1. The van der Waals surface area contributed by atoms with Crippen LogP contribution in [0.2, 0.25) is 0 Å². The van der Waals surface area contributed by atoms with E-state index in [9.17, 15) is 18.0 Å². The predicted octanol–water partition coefficient (Wildman–Crippen LogP) is 2.60. The minimum absolute atomic E-state index is 0.00940. The molecule has 0 aliphatic carbocycles. The lowest BCUT2D eigenvalue weighted by Gasteiger charge is -2.07. The molecule has 2 aromatic rings. The normalized spacial score (nSPS) is 11.9. The van der Waals surface area contributed by atoms with Crippen LogP contribution >= 0.6 is 12.2 Å². The van der Waals surface area contributed by atoms with E-state index in [-0.39, 0.29) is 15.5 Å². The number of fused-ring (bicyclic) bond motifs is 1. The Morgan fingerprint density at radius 3 is 2.50 bits per heavy atom. The molecule has 0 atom stereocenters. The van der Waals surface area contributed by atoms with Gasteiger partial charge in [-0.05, 0) is 18.2 Å². The maximum absolute atomic E-state index is 12.4. The molecular formula is C9H5F3N2OS. The number of hydrogen-bond donors (Lipinski definition) is 2. The van der Waals surface area contributed by atoms with Gasteiger partial charge in [0.1, 0.15) is 4.64 Å². The molecule has 84 valence electrons. The fourth-order valence-corrected chi connectivity index (χ4v) is 1.60. The molecule has 2 N–H and O–H groups in total. The Kier molecular flexibility index (Phi) is 2.34. The Bertz CT molecular complexity index is 656. The fraction of sp³-hybridized carbons (Fsp3) is 0.111. The number of hydrogen-bond acceptors (Lipinski definition) is 2. The van der Waals surface area contributed by atoms with Gasteiger partial charge in [-0.25, -0.2) is 4.79 Å². The number of halogens is 3. The van der Waals surface area contributed by atoms with Gasteiger partial charge < -0.3 is 4.98 Å². The maximum atomic E-state index is 12.4. The third kappa shape index (κ3) is 1.85. The number of H-pyrrole nitrogens is 2. The lowest BCUT2D eigenvalue weighted by molar-refractivity contribution is -0.137. The molecule has 2 rings (SSSR count). The van der Waals surface area contributed by atoms with Crippen LogP contribution in [-0.2, 0) is 6.18 Å². The van der Waals surface area contributed by atoms with Gasteiger partial charge in [0, 0.05) is 5.39 Å². The predicted molar refractivity (Wildman–Crippen MR) is 54.8 cm³/mol. The number of nitrogens with one attached hydrogen (secondary N) is 2. The lowest BCUT2D eigenvalue weighted by atomic mass is 10.1. The number of benzene rings is 1. The minimum Gasteiger partial charge on any atom is -0.307 e. The molecule has 7 heteroatoms. The summed E-state index contributed by atoms with van der Waals surface area (Å²) in [6.07, 6.45) is -4.42. The minimum atomic E-state index is -4.42. The van der Waals surface area contributed by atoms with Crippen LogP contribution in [0.3, 0.4) is 0 Å². The molecule has 0 aliphatic rings. The van der Waals surface area contributed by atoms with Crippen molar-refractivity contribution in [3.63, 3.8) is 0 Å². The largest absolute Gasteiger partial charge is 0.416 e. The second kappa shape index (κ2) is 3.44. The summed E-state index contributed by atoms with van der Waals surface area (Å²) in [7, 11) is 0. The number of aromatic amines is 2. The maximum Gasteiger partial charge on any atom is 0.416 e. The summed E-state index contributed by atoms with van der Waals surface area (Å²) in [6, 6.07) is 2.99. The summed E-state index contributed by atoms with van der Waals surface area (Å²) >= 11 is 4.78. The van der Waals surface area contributed by atoms with E-state index in [1.165, 1.54) is 6.07 Å². The number of rotatable bonds is 0. The Labute approximate surface area is 91.9 Å². The molecule has 0 spiro atoms. The number of alkyl halides is 3. The second-order valence-electron chi connectivity index (χ2n) is 3.17. The van der Waals surface area contributed by atoms with E-state index >= 15 is 0 Å². The molecule has 1 aromatic heterocycles. The van der Waals surface area contributed by atoms with Gasteiger partial charge in [0.05, 0.1) is 11.1 Å². The Morgan fingerprint density at radius 1 is 1.19 bits per heavy atom. The standard InChI is InChI=1S/C9H5F3N2OS/c10-9(11,12)4-1-2-6-5(3-4)7(16)14-8(15)13-6/h1-3H,(H2,13,14,15,16). The number of aromatic nitrogens is 2. The molecule has 0 unspecified atom stereocenters. The van der Waals surface area contributed by atoms with Crippen molar-refractivity contribution in [3.05, 3.63) is 38.9 Å². The van der Waals surface area contributed by atoms with Gasteiger partial charge in [-0.3, -0.25) is 4.98 Å². The lowest BCUT2D eigenvalue weighted by Crippen LogP contribution is -2.11. The summed E-state index contributed by atoms with van der Waals surface area (Å²) < 4.78 is 37.2. The highest BCUT2D eigenvalue weighted by Crippen LogP contribution is 2.30. The van der Waals surface area contributed by atoms with Gasteiger partial charge in [-0.1, -0.05) is 12.2 Å². The topological polar surface area (TPSA) is 48.6 Å². The monoisotopic (exact) mass is 246 g/mol. The molecule has 0 amide bonds. The SMILES string of the molecule is O=c1[nH]c(=S)c2cc(C(F)(F)F)ccc2[nH]1. The van der Waals surface area contributed by atoms with Crippen molar-refractivity contribution in [2.75, 3.05) is 0 Å². The Morgan fingerprint density at radius 2 is 1.88 bits per heavy atom. The molecule has 1 aromatic carbocycles. The first-order valence-corrected chi connectivity index (χ1v) is 4.62. The summed E-state index contributed by atoms with van der Waals surface area (Å²) in [6.45, 7) is 0. The van der Waals surface area contributed by atoms with Gasteiger partial charge in [0.2, 0.25) is 0 Å². The van der Waals surface area contributed by atoms with Gasteiger partial charge in [0.15, 0.2) is 0 Å². The Balaban J connectivity index is 2.82. The van der Waals surface area contributed by atoms with Gasteiger partial charge in [-0.2, -0.15) is 13.2 Å². The summed E-state index contributed by atoms with van der Waals surface area (Å²) in [4.78, 5) is 15.6. The third-order valence-electron chi connectivity index (χ3n) is 2.07. The van der Waals surface area contributed by atoms with Crippen molar-refractivity contribution in [1.29, 1.82) is 0 Å². The molecule has 0 bridgehead atoms. The fourth-order valence-electron chi connectivity index (χ4n) is 1.34. The molecule has 0 saturated carbocycles. The molecule has 0 fully saturated rings. The Hall–Kier alpha value is -1.63. The van der Waals surface area contributed by atoms with Crippen molar-refractivity contribution >= 4 is 23.1 Å². The van der Waals surface area contributed by atoms with Crippen LogP contribution in [-0.4, -0.2) is 9.97 Å². The summed E-state index contributed by atoms with van der Waals surface area (Å²) in [5, 5.41) is 0.171. The van der Waals surface area contributed by atoms with Crippen LogP contribution in [0, 0.1) is 4.64 Å². The zero-order valence-electron chi connectivity index (χ0n) is 7.68. The average molecular weight is 246 g/mol. The van der Waals surface area contributed by atoms with Crippen molar-refractivity contribution < 1.29 is 13.2 Å². The highest BCUT2D eigenvalue weighted by molar-refractivity contribution is 7.71. The van der Waals surface area contributed by atoms with E-state index in [0.29, 0.717) is 0 Å². The van der Waals surface area contributed by atoms with E-state index in [2.05, 4.69) is 9.97 Å². The average Bonchev–Trinajstić information content (AvgIpc) is 2.15. The summed E-state index contributed by atoms with van der Waals surface area (Å²) in [5.74, 6) is 0. The van der Waals surface area contributed by atoms with Gasteiger partial charge >= 0.3 is 11.9 Å². The van der Waals surface area contributed by atoms with Crippen LogP contribution in [0.5, 0.6) is 0 Å². The highest BCUT2D eigenvalue weighted by Gasteiger charge is 2.30. The van der Waals surface area contributed by atoms with Crippen LogP contribution in [0.25, 0.3) is 10.9 Å². The van der Waals surface area contributed by atoms with E-state index in [1.54, 1.807) is 0 Å². The zero-order valence-corrected chi connectivity index (χ0v) is 8.50. The first-order chi connectivity index (χ1) is 7.38. The van der Waals surface area contributed by atoms with E-state index in [0.717, 1.165) is 12.1 Å². The van der Waals surface area contributed by atoms with Crippen LogP contribution in [0.4, 0.5) is 13.2 Å². The van der Waals surface area contributed by atoms with Crippen molar-refractivity contribution in [3.8, 4) is 0 Å². The van der Waals surface area contributed by atoms with Crippen LogP contribution in [0.15, 0.2) is 23.0 Å². The first kappa shape index (κ1) is 10.9. The van der Waals surface area contributed by atoms with Crippen molar-refractivity contribution in [2.45, 2.75) is 6.18 Å². The first-order valence-electron chi connectivity index (χ1n) is 4.21. The second-order valence-corrected chi connectivity index (χ2v) is 3.57. The quantitative estimate of drug-likeness (QED) is 0.702. The van der Waals surface area contributed by atoms with E-state index in [4.69, 9.17) is 12.2 Å². The summed E-state index contributed by atoms with van der Waals surface area (Å²) in [5.41, 5.74) is -1.06. The van der Waals surface area contributed by atoms with E-state index < -0.39 is 17.4 Å².